The van der Waals surface area contributed by atoms with E-state index in [1.54, 1.807) is 6.92 Å². The first-order chi connectivity index (χ1) is 29.4. The van der Waals surface area contributed by atoms with Gasteiger partial charge in [-0.2, -0.15) is 0 Å². The highest BCUT2D eigenvalue weighted by Gasteiger charge is 2.83. The maximum atomic E-state index is 14.0. The van der Waals surface area contributed by atoms with Gasteiger partial charge in [0.25, 0.3) is 0 Å². The Morgan fingerprint density at radius 3 is 1.97 bits per heavy atom. The van der Waals surface area contributed by atoms with E-state index in [9.17, 15) is 34.5 Å². The van der Waals surface area contributed by atoms with Crippen LogP contribution in [0.3, 0.4) is 0 Å². The second-order valence-electron chi connectivity index (χ2n) is 19.4. The number of ketones is 2. The van der Waals surface area contributed by atoms with Crippen molar-refractivity contribution < 1.29 is 48.7 Å². The lowest BCUT2D eigenvalue weighted by atomic mass is 9.37. The van der Waals surface area contributed by atoms with E-state index in [1.807, 2.05) is 53.7 Å². The molecular formula is C52H74O10. The van der Waals surface area contributed by atoms with Crippen molar-refractivity contribution in [2.75, 3.05) is 6.61 Å². The molecule has 342 valence electrons. The zero-order valence-corrected chi connectivity index (χ0v) is 38.5. The standard InChI is InChI=1S/C52H74O10/c1-9-10-11-12-13-14-15-16-17-18-19-20-21-22-23-24-25-26-27-28-43(55)62-46-41(54)29-36(6)40-31-42-50-33-60-52(59,48(50)49(40,46)8)45(56)37(7)44(50)39(47(57)61-42)30-38(53)32-51(58,34(2)3)35(4)5/h10-11,13-14,16-17,19-20,22-23,25-26,29,34-35,37,39-40,42,44-46,48,56,58-59H,9,12,15,18,21,24,27-28,30-33H2,1-8H3/b11-10-,14-13-,17-16-,20-19-,23-22-,26-25-/t37?,39?,40-,42+,44?,45+,46+,48?,49?,50-,52+/m0/s1. The van der Waals surface area contributed by atoms with Crippen molar-refractivity contribution in [1.29, 1.82) is 0 Å². The van der Waals surface area contributed by atoms with Crippen molar-refractivity contribution >= 4 is 23.5 Å². The number of carbonyl (C=O) groups is 4. The summed E-state index contributed by atoms with van der Waals surface area (Å²) in [6, 6.07) is 0. The molecule has 0 aromatic heterocycles. The molecule has 0 aromatic rings. The summed E-state index contributed by atoms with van der Waals surface area (Å²) in [7, 11) is 0. The van der Waals surface area contributed by atoms with Gasteiger partial charge in [0.2, 0.25) is 0 Å². The summed E-state index contributed by atoms with van der Waals surface area (Å²) in [4.78, 5) is 55.5. The van der Waals surface area contributed by atoms with Crippen molar-refractivity contribution in [3.8, 4) is 0 Å². The van der Waals surface area contributed by atoms with Gasteiger partial charge in [-0.3, -0.25) is 19.2 Å². The van der Waals surface area contributed by atoms with Crippen molar-refractivity contribution in [3.63, 3.8) is 0 Å². The lowest BCUT2D eigenvalue weighted by Gasteiger charge is -2.68. The molecule has 0 radical (unpaired) electrons. The fourth-order valence-corrected chi connectivity index (χ4v) is 11.9. The van der Waals surface area contributed by atoms with Gasteiger partial charge in [-0.25, -0.2) is 0 Å². The molecule has 5 rings (SSSR count). The predicted molar refractivity (Wildman–Crippen MR) is 240 cm³/mol. The molecule has 0 amide bonds. The number of rotatable bonds is 21. The lowest BCUT2D eigenvalue weighted by molar-refractivity contribution is -0.337. The highest BCUT2D eigenvalue weighted by Crippen LogP contribution is 2.74. The van der Waals surface area contributed by atoms with Gasteiger partial charge in [0, 0.05) is 36.0 Å². The first kappa shape index (κ1) is 49.3. The third-order valence-electron chi connectivity index (χ3n) is 15.1. The number of aliphatic hydroxyl groups excluding tert-OH is 1. The minimum atomic E-state index is -2.15. The number of hydrogen-bond donors (Lipinski definition) is 3. The summed E-state index contributed by atoms with van der Waals surface area (Å²) in [5.41, 5.74) is -2.93. The van der Waals surface area contributed by atoms with Crippen LogP contribution in [0.4, 0.5) is 0 Å². The average molecular weight is 859 g/mol. The predicted octanol–water partition coefficient (Wildman–Crippen LogP) is 8.81. The topological polar surface area (TPSA) is 157 Å². The molecule has 11 atom stereocenters. The number of aliphatic hydroxyl groups is 3. The molecule has 0 aromatic carbocycles. The Hall–Kier alpha value is -3.70. The van der Waals surface area contributed by atoms with Gasteiger partial charge in [0.1, 0.15) is 18.0 Å². The van der Waals surface area contributed by atoms with Crippen LogP contribution in [-0.4, -0.2) is 75.1 Å². The van der Waals surface area contributed by atoms with Crippen LogP contribution in [0, 0.1) is 52.3 Å². The molecule has 2 bridgehead atoms. The molecule has 2 heterocycles. The molecule has 2 saturated heterocycles. The van der Waals surface area contributed by atoms with Crippen LogP contribution in [0.5, 0.6) is 0 Å². The number of carbonyl (C=O) groups excluding carboxylic acids is 4. The largest absolute Gasteiger partial charge is 0.461 e. The van der Waals surface area contributed by atoms with E-state index >= 15 is 0 Å². The van der Waals surface area contributed by atoms with Crippen molar-refractivity contribution in [3.05, 3.63) is 84.6 Å². The number of esters is 2. The van der Waals surface area contributed by atoms with Crippen LogP contribution < -0.4 is 0 Å². The molecule has 10 nitrogen and oxygen atoms in total. The minimum Gasteiger partial charge on any atom is -0.461 e. The van der Waals surface area contributed by atoms with Crippen LogP contribution in [0.1, 0.15) is 126 Å². The summed E-state index contributed by atoms with van der Waals surface area (Å²) in [5, 5.41) is 36.0. The Balaban J connectivity index is 1.24. The number of fused-ring (bicyclic) bond motifs is 1. The Bertz CT molecular complexity index is 1820. The molecular weight excluding hydrogens is 785 g/mol. The van der Waals surface area contributed by atoms with Crippen LogP contribution in [0.25, 0.3) is 0 Å². The van der Waals surface area contributed by atoms with Crippen molar-refractivity contribution in [2.45, 2.75) is 156 Å². The van der Waals surface area contributed by atoms with E-state index in [0.29, 0.717) is 24.8 Å². The van der Waals surface area contributed by atoms with Crippen LogP contribution in [0.2, 0.25) is 0 Å². The van der Waals surface area contributed by atoms with E-state index in [-0.39, 0.29) is 43.5 Å². The molecule has 5 aliphatic rings. The Kier molecular flexibility index (Phi) is 16.6. The number of Topliss-reactive ketones (excluding diaryl/α,β-unsaturated/α-hetero) is 1. The van der Waals surface area contributed by atoms with Crippen LogP contribution in [0.15, 0.2) is 84.6 Å². The first-order valence-electron chi connectivity index (χ1n) is 23.2. The molecule has 62 heavy (non-hydrogen) atoms. The molecule has 5 unspecified atom stereocenters. The molecule has 2 saturated carbocycles. The van der Waals surface area contributed by atoms with Gasteiger partial charge in [0.15, 0.2) is 17.7 Å². The number of allylic oxidation sites excluding steroid dienone is 13. The third kappa shape index (κ3) is 9.69. The summed E-state index contributed by atoms with van der Waals surface area (Å²) in [6.45, 7) is 14.9. The van der Waals surface area contributed by atoms with Gasteiger partial charge in [0.05, 0.1) is 18.1 Å². The maximum absolute atomic E-state index is 14.0. The zero-order chi connectivity index (χ0) is 45.5. The van der Waals surface area contributed by atoms with Gasteiger partial charge < -0.3 is 29.5 Å². The lowest BCUT2D eigenvalue weighted by Crippen LogP contribution is -2.77. The van der Waals surface area contributed by atoms with Gasteiger partial charge in [-0.05, 0) is 94.0 Å². The summed E-state index contributed by atoms with van der Waals surface area (Å²) in [5.74, 6) is -8.21. The summed E-state index contributed by atoms with van der Waals surface area (Å²) >= 11 is 0. The maximum Gasteiger partial charge on any atom is 0.309 e. The molecule has 10 heteroatoms. The smallest absolute Gasteiger partial charge is 0.309 e. The average Bonchev–Trinajstić information content (AvgIpc) is 3.50. The van der Waals surface area contributed by atoms with E-state index in [4.69, 9.17) is 14.2 Å². The van der Waals surface area contributed by atoms with E-state index in [1.165, 1.54) is 6.08 Å². The van der Waals surface area contributed by atoms with Gasteiger partial charge >= 0.3 is 11.9 Å². The van der Waals surface area contributed by atoms with Crippen LogP contribution >= 0.6 is 0 Å². The number of ether oxygens (including phenoxy) is 3. The Labute approximate surface area is 370 Å². The highest BCUT2D eigenvalue weighted by molar-refractivity contribution is 5.97. The van der Waals surface area contributed by atoms with Gasteiger partial charge in [-0.1, -0.05) is 127 Å². The Morgan fingerprint density at radius 1 is 0.903 bits per heavy atom. The van der Waals surface area contributed by atoms with Gasteiger partial charge in [-0.15, -0.1) is 0 Å². The van der Waals surface area contributed by atoms with Crippen LogP contribution in [-0.2, 0) is 33.4 Å². The van der Waals surface area contributed by atoms with E-state index in [2.05, 4.69) is 67.7 Å². The SMILES string of the molecule is CC/C=C\C/C=C\C/C=C\C/C=C\C/C=C\C/C=C\CCC(=O)O[C@@H]1C(=O)C=C(C)[C@@H]2C[C@H]3OC(=O)C(CC(=O)CC(O)(C(C)C)C(C)C)C4C(C)[C@@H](O)[C@@]5(O)OC[C@@]43C5C12C. The summed E-state index contributed by atoms with van der Waals surface area (Å²) in [6.07, 6.45) is 29.2. The Morgan fingerprint density at radius 2 is 1.44 bits per heavy atom. The summed E-state index contributed by atoms with van der Waals surface area (Å²) < 4.78 is 18.7. The fraction of sp³-hybridized carbons (Fsp3) is 0.654. The van der Waals surface area contributed by atoms with E-state index in [0.717, 1.165) is 32.1 Å². The molecule has 3 N–H and O–H groups in total. The first-order valence-corrected chi connectivity index (χ1v) is 23.2. The normalized spacial score (nSPS) is 34.7. The second-order valence-corrected chi connectivity index (χ2v) is 19.4. The zero-order valence-electron chi connectivity index (χ0n) is 38.5. The van der Waals surface area contributed by atoms with E-state index < -0.39 is 87.8 Å². The molecule has 4 fully saturated rings. The monoisotopic (exact) mass is 859 g/mol. The highest BCUT2D eigenvalue weighted by atomic mass is 16.7. The molecule has 2 aliphatic heterocycles. The second kappa shape index (κ2) is 20.9. The quantitative estimate of drug-likeness (QED) is 0.0753. The van der Waals surface area contributed by atoms with Crippen molar-refractivity contribution in [1.82, 2.24) is 0 Å². The minimum absolute atomic E-state index is 0.0395. The third-order valence-corrected chi connectivity index (χ3v) is 15.1. The molecule has 3 aliphatic carbocycles. The van der Waals surface area contributed by atoms with Crippen molar-refractivity contribution in [2.24, 2.45) is 52.3 Å². The molecule has 1 spiro atoms. The number of hydrogen-bond acceptors (Lipinski definition) is 10. The fourth-order valence-electron chi connectivity index (χ4n) is 11.9.